The summed E-state index contributed by atoms with van der Waals surface area (Å²) in [5, 5.41) is 13.3. The minimum Gasteiger partial charge on any atom is -0.394 e. The summed E-state index contributed by atoms with van der Waals surface area (Å²) in [7, 11) is 0. The third kappa shape index (κ3) is 3.73. The lowest BCUT2D eigenvalue weighted by molar-refractivity contribution is 0.0969. The average molecular weight is 281 g/mol. The molecule has 0 radical (unpaired) electrons. The molecular weight excluding hydrogens is 250 g/mol. The molecule has 0 amide bonds. The fourth-order valence-electron chi connectivity index (χ4n) is 3.87. The lowest BCUT2D eigenvalue weighted by Crippen LogP contribution is -2.51. The van der Waals surface area contributed by atoms with Gasteiger partial charge in [0.25, 0.3) is 0 Å². The summed E-state index contributed by atoms with van der Waals surface area (Å²) in [6.07, 6.45) is 7.66. The van der Waals surface area contributed by atoms with Crippen LogP contribution >= 0.6 is 0 Å². The summed E-state index contributed by atoms with van der Waals surface area (Å²) in [6.45, 7) is 8.75. The molecule has 20 heavy (non-hydrogen) atoms. The van der Waals surface area contributed by atoms with Gasteiger partial charge in [-0.2, -0.15) is 0 Å². The van der Waals surface area contributed by atoms with Crippen LogP contribution in [0.5, 0.6) is 0 Å². The van der Waals surface area contributed by atoms with Crippen molar-refractivity contribution in [1.82, 2.24) is 15.1 Å². The Morgan fingerprint density at radius 3 is 2.80 bits per heavy atom. The number of nitrogens with zero attached hydrogens (tertiary/aromatic N) is 2. The molecular formula is C16H31N3O. The van der Waals surface area contributed by atoms with Crippen LogP contribution in [0.15, 0.2) is 0 Å². The molecule has 0 bridgehead atoms. The van der Waals surface area contributed by atoms with Crippen LogP contribution in [0, 0.1) is 0 Å². The number of hydrogen-bond donors (Lipinski definition) is 2. The quantitative estimate of drug-likeness (QED) is 0.732. The van der Waals surface area contributed by atoms with E-state index in [2.05, 4.69) is 22.0 Å². The van der Waals surface area contributed by atoms with Crippen LogP contribution < -0.4 is 5.32 Å². The Bertz CT molecular complexity index is 321. The molecule has 4 nitrogen and oxygen atoms in total. The lowest BCUT2D eigenvalue weighted by Gasteiger charge is -2.38. The highest BCUT2D eigenvalue weighted by atomic mass is 16.3. The zero-order valence-corrected chi connectivity index (χ0v) is 13.0. The molecule has 116 valence electrons. The number of aliphatic hydroxyl groups is 1. The fraction of sp³-hybridized carbons (Fsp3) is 1.00. The number of hydrogen-bond acceptors (Lipinski definition) is 4. The van der Waals surface area contributed by atoms with Crippen molar-refractivity contribution in [2.24, 2.45) is 0 Å². The molecule has 3 rings (SSSR count). The van der Waals surface area contributed by atoms with Gasteiger partial charge < -0.3 is 15.3 Å². The molecule has 0 aromatic rings. The molecule has 0 aromatic carbocycles. The average Bonchev–Trinajstić information content (AvgIpc) is 3.13. The summed E-state index contributed by atoms with van der Waals surface area (Å²) in [5.41, 5.74) is -0.0592. The SMILES string of the molecule is CC(CO)(CCCN1CCN2CCCC2C1)NC1CC1. The van der Waals surface area contributed by atoms with Crippen molar-refractivity contribution >= 4 is 0 Å². The van der Waals surface area contributed by atoms with Gasteiger partial charge in [-0.05, 0) is 58.5 Å². The van der Waals surface area contributed by atoms with Crippen molar-refractivity contribution in [3.63, 3.8) is 0 Å². The Hall–Kier alpha value is -0.160. The molecule has 0 aromatic heterocycles. The van der Waals surface area contributed by atoms with E-state index in [-0.39, 0.29) is 12.1 Å². The highest BCUT2D eigenvalue weighted by Gasteiger charge is 2.33. The Kier molecular flexibility index (Phi) is 4.65. The van der Waals surface area contributed by atoms with Gasteiger partial charge in [0.05, 0.1) is 6.61 Å². The van der Waals surface area contributed by atoms with Crippen LogP contribution in [0.25, 0.3) is 0 Å². The Morgan fingerprint density at radius 1 is 1.20 bits per heavy atom. The third-order valence-corrected chi connectivity index (χ3v) is 5.35. The molecule has 1 saturated carbocycles. The van der Waals surface area contributed by atoms with Gasteiger partial charge in [-0.3, -0.25) is 4.90 Å². The predicted octanol–water partition coefficient (Wildman–Crippen LogP) is 1.05. The summed E-state index contributed by atoms with van der Waals surface area (Å²) in [6, 6.07) is 1.51. The second kappa shape index (κ2) is 6.30. The smallest absolute Gasteiger partial charge is 0.0610 e. The van der Waals surface area contributed by atoms with Crippen LogP contribution in [0.1, 0.15) is 45.4 Å². The Morgan fingerprint density at radius 2 is 2.05 bits per heavy atom. The standard InChI is InChI=1S/C16H31N3O/c1-16(13-20,17-14-5-6-14)7-3-8-18-10-11-19-9-2-4-15(19)12-18/h14-15,17,20H,2-13H2,1H3. The van der Waals surface area contributed by atoms with Crippen molar-refractivity contribution in [3.05, 3.63) is 0 Å². The van der Waals surface area contributed by atoms with E-state index in [0.29, 0.717) is 6.04 Å². The van der Waals surface area contributed by atoms with E-state index in [1.807, 2.05) is 0 Å². The van der Waals surface area contributed by atoms with Crippen molar-refractivity contribution in [2.75, 3.05) is 39.3 Å². The molecule has 2 N–H and O–H groups in total. The molecule has 2 atom stereocenters. The molecule has 2 heterocycles. The van der Waals surface area contributed by atoms with Crippen molar-refractivity contribution < 1.29 is 5.11 Å². The summed E-state index contributed by atoms with van der Waals surface area (Å²) in [5.74, 6) is 0. The minimum absolute atomic E-state index is 0.0592. The van der Waals surface area contributed by atoms with Crippen molar-refractivity contribution in [1.29, 1.82) is 0 Å². The molecule has 1 aliphatic carbocycles. The molecule has 3 aliphatic rings. The number of piperazine rings is 1. The van der Waals surface area contributed by atoms with E-state index >= 15 is 0 Å². The second-order valence-corrected chi connectivity index (χ2v) is 7.37. The number of nitrogens with one attached hydrogen (secondary N) is 1. The van der Waals surface area contributed by atoms with Crippen LogP contribution in [-0.4, -0.2) is 71.9 Å². The maximum atomic E-state index is 9.64. The molecule has 4 heteroatoms. The minimum atomic E-state index is -0.0592. The second-order valence-electron chi connectivity index (χ2n) is 7.37. The van der Waals surface area contributed by atoms with Crippen LogP contribution in [-0.2, 0) is 0 Å². The maximum absolute atomic E-state index is 9.64. The highest BCUT2D eigenvalue weighted by Crippen LogP contribution is 2.25. The Balaban J connectivity index is 1.38. The van der Waals surface area contributed by atoms with E-state index in [0.717, 1.165) is 12.5 Å². The van der Waals surface area contributed by atoms with Gasteiger partial charge in [-0.15, -0.1) is 0 Å². The predicted molar refractivity (Wildman–Crippen MR) is 81.9 cm³/mol. The van der Waals surface area contributed by atoms with E-state index in [9.17, 15) is 5.11 Å². The van der Waals surface area contributed by atoms with Crippen molar-refractivity contribution in [3.8, 4) is 0 Å². The first-order valence-electron chi connectivity index (χ1n) is 8.53. The van der Waals surface area contributed by atoms with E-state index in [4.69, 9.17) is 0 Å². The highest BCUT2D eigenvalue weighted by molar-refractivity contribution is 4.93. The third-order valence-electron chi connectivity index (χ3n) is 5.35. The van der Waals surface area contributed by atoms with Crippen molar-refractivity contribution in [2.45, 2.75) is 63.1 Å². The fourth-order valence-corrected chi connectivity index (χ4v) is 3.87. The summed E-state index contributed by atoms with van der Waals surface area (Å²) < 4.78 is 0. The summed E-state index contributed by atoms with van der Waals surface area (Å²) in [4.78, 5) is 5.31. The van der Waals surface area contributed by atoms with Gasteiger partial charge in [0.2, 0.25) is 0 Å². The van der Waals surface area contributed by atoms with Gasteiger partial charge in [0, 0.05) is 37.3 Å². The molecule has 0 spiro atoms. The first kappa shape index (κ1) is 14.8. The van der Waals surface area contributed by atoms with E-state index in [1.165, 1.54) is 64.8 Å². The zero-order valence-electron chi connectivity index (χ0n) is 13.0. The van der Waals surface area contributed by atoms with Crippen LogP contribution in [0.3, 0.4) is 0 Å². The Labute approximate surface area is 123 Å². The lowest BCUT2D eigenvalue weighted by atomic mass is 9.96. The maximum Gasteiger partial charge on any atom is 0.0610 e. The molecule has 2 unspecified atom stereocenters. The summed E-state index contributed by atoms with van der Waals surface area (Å²) >= 11 is 0. The monoisotopic (exact) mass is 281 g/mol. The van der Waals surface area contributed by atoms with Crippen LogP contribution in [0.4, 0.5) is 0 Å². The normalized spacial score (nSPS) is 31.2. The number of fused-ring (bicyclic) bond motifs is 1. The topological polar surface area (TPSA) is 38.7 Å². The number of aliphatic hydroxyl groups excluding tert-OH is 1. The van der Waals surface area contributed by atoms with E-state index in [1.54, 1.807) is 0 Å². The van der Waals surface area contributed by atoms with Gasteiger partial charge in [-0.1, -0.05) is 0 Å². The van der Waals surface area contributed by atoms with Gasteiger partial charge in [0.1, 0.15) is 0 Å². The zero-order chi connectivity index (χ0) is 14.0. The molecule has 2 saturated heterocycles. The first-order valence-corrected chi connectivity index (χ1v) is 8.53. The molecule has 3 fully saturated rings. The van der Waals surface area contributed by atoms with E-state index < -0.39 is 0 Å². The van der Waals surface area contributed by atoms with Gasteiger partial charge in [0.15, 0.2) is 0 Å². The number of rotatable bonds is 7. The molecule has 2 aliphatic heterocycles. The first-order chi connectivity index (χ1) is 9.68. The van der Waals surface area contributed by atoms with Gasteiger partial charge in [-0.25, -0.2) is 0 Å². The van der Waals surface area contributed by atoms with Gasteiger partial charge >= 0.3 is 0 Å². The van der Waals surface area contributed by atoms with Crippen LogP contribution in [0.2, 0.25) is 0 Å². The largest absolute Gasteiger partial charge is 0.394 e.